The lowest BCUT2D eigenvalue weighted by atomic mass is 9.96. The van der Waals surface area contributed by atoms with Gasteiger partial charge >= 0.3 is 0 Å². The molecule has 0 unspecified atom stereocenters. The van der Waals surface area contributed by atoms with Crippen LogP contribution >= 0.6 is 28.1 Å². The zero-order chi connectivity index (χ0) is 15.2. The zero-order valence-electron chi connectivity index (χ0n) is 12.2. The molecule has 1 aromatic heterocycles. The molecule has 114 valence electrons. The Morgan fingerprint density at radius 1 is 1.38 bits per heavy atom. The molecular weight excluding hydrogens is 353 g/mol. The van der Waals surface area contributed by atoms with Gasteiger partial charge in [-0.25, -0.2) is 4.39 Å². The second-order valence-corrected chi connectivity index (χ2v) is 7.37. The van der Waals surface area contributed by atoms with E-state index >= 15 is 0 Å². The Hall–Kier alpha value is -0.720. The minimum atomic E-state index is -0.254. The van der Waals surface area contributed by atoms with Crippen LogP contribution in [0.4, 0.5) is 4.39 Å². The Morgan fingerprint density at radius 2 is 2.05 bits per heavy atom. The maximum absolute atomic E-state index is 13.9. The Labute approximate surface area is 137 Å². The van der Waals surface area contributed by atoms with E-state index in [4.69, 9.17) is 12.2 Å². The average molecular weight is 372 g/mol. The first kappa shape index (κ1) is 15.2. The maximum atomic E-state index is 13.9. The van der Waals surface area contributed by atoms with Crippen molar-refractivity contribution in [1.82, 2.24) is 14.5 Å². The first-order valence-corrected chi connectivity index (χ1v) is 8.38. The molecule has 21 heavy (non-hydrogen) atoms. The number of imidazole rings is 1. The second kappa shape index (κ2) is 5.48. The van der Waals surface area contributed by atoms with Crippen LogP contribution in [-0.4, -0.2) is 34.1 Å². The summed E-state index contributed by atoms with van der Waals surface area (Å²) in [6.07, 6.45) is 4.81. The number of likely N-dealkylation sites (N-methyl/N-ethyl adjacent to an activating group) is 1. The van der Waals surface area contributed by atoms with Gasteiger partial charge in [0.2, 0.25) is 0 Å². The Kier molecular flexibility index (Phi) is 3.96. The summed E-state index contributed by atoms with van der Waals surface area (Å²) in [5, 5.41) is 0. The Balaban J connectivity index is 2.10. The van der Waals surface area contributed by atoms with Gasteiger partial charge in [-0.1, -0.05) is 12.8 Å². The van der Waals surface area contributed by atoms with E-state index < -0.39 is 0 Å². The van der Waals surface area contributed by atoms with Gasteiger partial charge in [-0.05, 0) is 61.2 Å². The van der Waals surface area contributed by atoms with Crippen LogP contribution in [0, 0.1) is 10.6 Å². The van der Waals surface area contributed by atoms with E-state index in [1.165, 1.54) is 12.8 Å². The lowest BCUT2D eigenvalue weighted by molar-refractivity contribution is 0.135. The summed E-state index contributed by atoms with van der Waals surface area (Å²) in [6.45, 7) is 0.805. The smallest absolute Gasteiger partial charge is 0.178 e. The fourth-order valence-electron chi connectivity index (χ4n) is 3.38. The normalized spacial score (nSPS) is 18.0. The van der Waals surface area contributed by atoms with Crippen LogP contribution in [0.15, 0.2) is 16.6 Å². The lowest BCUT2D eigenvalue weighted by Crippen LogP contribution is -2.45. The van der Waals surface area contributed by atoms with Crippen LogP contribution in [0.2, 0.25) is 0 Å². The van der Waals surface area contributed by atoms with Crippen molar-refractivity contribution in [1.29, 1.82) is 0 Å². The first-order valence-electron chi connectivity index (χ1n) is 7.18. The highest BCUT2D eigenvalue weighted by molar-refractivity contribution is 9.10. The number of halogens is 2. The summed E-state index contributed by atoms with van der Waals surface area (Å²) in [5.41, 5.74) is 1.84. The van der Waals surface area contributed by atoms with E-state index in [2.05, 4.69) is 39.9 Å². The minimum absolute atomic E-state index is 0.122. The third kappa shape index (κ3) is 2.58. The number of hydrogen-bond donors (Lipinski definition) is 1. The largest absolute Gasteiger partial charge is 0.331 e. The molecule has 1 aromatic carbocycles. The molecule has 1 fully saturated rings. The summed E-state index contributed by atoms with van der Waals surface area (Å²) < 4.78 is 17.1. The molecule has 1 heterocycles. The molecule has 1 aliphatic rings. The van der Waals surface area contributed by atoms with E-state index in [1.54, 1.807) is 12.1 Å². The van der Waals surface area contributed by atoms with Gasteiger partial charge in [0.25, 0.3) is 0 Å². The number of benzene rings is 1. The number of rotatable bonds is 3. The zero-order valence-corrected chi connectivity index (χ0v) is 14.7. The van der Waals surface area contributed by atoms with Crippen molar-refractivity contribution in [3.05, 3.63) is 27.2 Å². The molecule has 0 amide bonds. The quantitative estimate of drug-likeness (QED) is 0.804. The highest BCUT2D eigenvalue weighted by Crippen LogP contribution is 2.36. The Morgan fingerprint density at radius 3 is 2.67 bits per heavy atom. The summed E-state index contributed by atoms with van der Waals surface area (Å²) >= 11 is 8.69. The van der Waals surface area contributed by atoms with E-state index in [0.29, 0.717) is 9.24 Å². The lowest BCUT2D eigenvalue weighted by Gasteiger charge is -2.36. The summed E-state index contributed by atoms with van der Waals surface area (Å²) in [4.78, 5) is 5.49. The molecule has 1 aliphatic carbocycles. The predicted molar refractivity (Wildman–Crippen MR) is 89.7 cm³/mol. The second-order valence-electron chi connectivity index (χ2n) is 6.13. The van der Waals surface area contributed by atoms with Gasteiger partial charge in [-0.3, -0.25) is 0 Å². The van der Waals surface area contributed by atoms with Crippen LogP contribution in [0.3, 0.4) is 0 Å². The van der Waals surface area contributed by atoms with Crippen molar-refractivity contribution in [2.24, 2.45) is 0 Å². The topological polar surface area (TPSA) is 24.0 Å². The average Bonchev–Trinajstić information content (AvgIpc) is 2.99. The molecule has 0 spiro atoms. The fraction of sp³-hybridized carbons (Fsp3) is 0.533. The number of aromatic nitrogens is 2. The fourth-order valence-corrected chi connectivity index (χ4v) is 4.00. The number of nitrogens with zero attached hydrogens (tertiary/aromatic N) is 2. The molecule has 3 nitrogen and oxygen atoms in total. The van der Waals surface area contributed by atoms with Crippen LogP contribution in [0.5, 0.6) is 0 Å². The van der Waals surface area contributed by atoms with Crippen molar-refractivity contribution >= 4 is 39.2 Å². The molecule has 3 rings (SSSR count). The molecule has 0 radical (unpaired) electrons. The predicted octanol–water partition coefficient (Wildman–Crippen LogP) is 4.47. The van der Waals surface area contributed by atoms with Crippen LogP contribution in [-0.2, 0) is 6.54 Å². The van der Waals surface area contributed by atoms with Gasteiger partial charge < -0.3 is 14.5 Å². The van der Waals surface area contributed by atoms with Crippen LogP contribution in [0.25, 0.3) is 11.0 Å². The molecular formula is C15H19BrFN3S. The molecule has 1 saturated carbocycles. The molecule has 6 heteroatoms. The highest BCUT2D eigenvalue weighted by Gasteiger charge is 2.36. The molecule has 0 atom stereocenters. The van der Waals surface area contributed by atoms with Crippen molar-refractivity contribution in [2.75, 3.05) is 14.1 Å². The van der Waals surface area contributed by atoms with Gasteiger partial charge in [0, 0.05) is 18.2 Å². The highest BCUT2D eigenvalue weighted by atomic mass is 79.9. The summed E-state index contributed by atoms with van der Waals surface area (Å²) in [5.74, 6) is -0.254. The van der Waals surface area contributed by atoms with E-state index in [1.807, 2.05) is 4.57 Å². The van der Waals surface area contributed by atoms with E-state index in [-0.39, 0.29) is 11.4 Å². The van der Waals surface area contributed by atoms with Crippen molar-refractivity contribution in [3.8, 4) is 0 Å². The van der Waals surface area contributed by atoms with Crippen molar-refractivity contribution in [2.45, 2.75) is 37.8 Å². The summed E-state index contributed by atoms with van der Waals surface area (Å²) in [6, 6.07) is 3.32. The number of fused-ring (bicyclic) bond motifs is 1. The van der Waals surface area contributed by atoms with Crippen molar-refractivity contribution in [3.63, 3.8) is 0 Å². The first-order chi connectivity index (χ1) is 9.93. The van der Waals surface area contributed by atoms with Gasteiger partial charge in [-0.15, -0.1) is 0 Å². The number of nitrogens with one attached hydrogen (secondary N) is 1. The molecule has 1 N–H and O–H groups in total. The third-order valence-electron chi connectivity index (χ3n) is 4.75. The van der Waals surface area contributed by atoms with Gasteiger partial charge in [0.05, 0.1) is 15.5 Å². The van der Waals surface area contributed by atoms with E-state index in [9.17, 15) is 4.39 Å². The summed E-state index contributed by atoms with van der Waals surface area (Å²) in [7, 11) is 4.25. The third-order valence-corrected chi connectivity index (χ3v) is 5.68. The van der Waals surface area contributed by atoms with Crippen LogP contribution < -0.4 is 0 Å². The number of hydrogen-bond acceptors (Lipinski definition) is 2. The number of aromatic amines is 1. The van der Waals surface area contributed by atoms with Crippen molar-refractivity contribution < 1.29 is 4.39 Å². The molecule has 0 saturated heterocycles. The SMILES string of the molecule is CN(C)C1(Cn2c(=S)[nH]c3cc(Br)c(F)cc32)CCCC1. The molecule has 0 aliphatic heterocycles. The van der Waals surface area contributed by atoms with Gasteiger partial charge in [0.15, 0.2) is 4.77 Å². The van der Waals surface area contributed by atoms with E-state index in [0.717, 1.165) is 30.4 Å². The minimum Gasteiger partial charge on any atom is -0.331 e. The van der Waals surface area contributed by atoms with Gasteiger partial charge in [-0.2, -0.15) is 0 Å². The molecule has 0 bridgehead atoms. The van der Waals surface area contributed by atoms with Gasteiger partial charge in [0.1, 0.15) is 5.82 Å². The Bertz CT molecular complexity index is 728. The van der Waals surface area contributed by atoms with Crippen LogP contribution in [0.1, 0.15) is 25.7 Å². The standard InChI is InChI=1S/C15H19BrFN3S/c1-19(2)15(5-3-4-6-15)9-20-13-8-11(17)10(16)7-12(13)18-14(20)21/h7-8H,3-6,9H2,1-2H3,(H,18,21). The maximum Gasteiger partial charge on any atom is 0.178 e. The molecule has 2 aromatic rings. The monoisotopic (exact) mass is 371 g/mol. The number of H-pyrrole nitrogens is 1.